The van der Waals surface area contributed by atoms with Gasteiger partial charge in [0.2, 0.25) is 0 Å². The smallest absolute Gasteiger partial charge is 0.255 e. The topological polar surface area (TPSA) is 41.1 Å². The number of carbonyl (C=O) groups is 1. The summed E-state index contributed by atoms with van der Waals surface area (Å²) in [5.74, 6) is -4.75. The largest absolute Gasteiger partial charge is 0.322 e. The number of fused-ring (bicyclic) bond motifs is 1. The summed E-state index contributed by atoms with van der Waals surface area (Å²) >= 11 is 0. The zero-order valence-corrected chi connectivity index (χ0v) is 10.8. The third-order valence-electron chi connectivity index (χ3n) is 3.34. The van der Waals surface area contributed by atoms with Crippen molar-refractivity contribution in [3.63, 3.8) is 0 Å². The van der Waals surface area contributed by atoms with Gasteiger partial charge in [-0.2, -0.15) is 0 Å². The van der Waals surface area contributed by atoms with E-state index in [-0.39, 0.29) is 5.69 Å². The predicted octanol–water partition coefficient (Wildman–Crippen LogP) is 2.96. The van der Waals surface area contributed by atoms with E-state index in [1.165, 1.54) is 0 Å². The maximum atomic E-state index is 13.1. The quantitative estimate of drug-likeness (QED) is 0.836. The molecule has 0 aliphatic carbocycles. The van der Waals surface area contributed by atoms with E-state index in [2.05, 4.69) is 10.6 Å². The molecular weight excluding hydrogens is 281 g/mol. The van der Waals surface area contributed by atoms with Crippen LogP contribution >= 0.6 is 0 Å². The molecule has 2 aromatic carbocycles. The van der Waals surface area contributed by atoms with E-state index in [0.29, 0.717) is 12.1 Å². The normalized spacial score (nSPS) is 13.1. The van der Waals surface area contributed by atoms with E-state index in [4.69, 9.17) is 0 Å². The lowest BCUT2D eigenvalue weighted by molar-refractivity contribution is 0.102. The molecule has 0 aromatic heterocycles. The highest BCUT2D eigenvalue weighted by Crippen LogP contribution is 2.20. The van der Waals surface area contributed by atoms with Crippen molar-refractivity contribution in [2.75, 3.05) is 5.32 Å². The summed E-state index contributed by atoms with van der Waals surface area (Å²) in [7, 11) is 0. The van der Waals surface area contributed by atoms with E-state index in [0.717, 1.165) is 29.8 Å². The maximum Gasteiger partial charge on any atom is 0.255 e. The maximum absolute atomic E-state index is 13.1. The molecule has 21 heavy (non-hydrogen) atoms. The molecule has 0 spiro atoms. The Morgan fingerprint density at radius 2 is 1.67 bits per heavy atom. The molecule has 0 saturated carbocycles. The average molecular weight is 292 g/mol. The molecule has 2 N–H and O–H groups in total. The molecule has 1 aliphatic rings. The van der Waals surface area contributed by atoms with Crippen LogP contribution in [0.2, 0.25) is 0 Å². The molecule has 1 aliphatic heterocycles. The Morgan fingerprint density at radius 3 is 2.38 bits per heavy atom. The molecule has 0 fully saturated rings. The van der Waals surface area contributed by atoms with Gasteiger partial charge in [0.05, 0.1) is 0 Å². The molecule has 6 heteroatoms. The fourth-order valence-corrected chi connectivity index (χ4v) is 2.27. The van der Waals surface area contributed by atoms with Crippen molar-refractivity contribution in [3.05, 3.63) is 64.5 Å². The molecule has 108 valence electrons. The number of halogens is 3. The first-order chi connectivity index (χ1) is 10.0. The monoisotopic (exact) mass is 292 g/mol. The Labute approximate surface area is 118 Å². The molecule has 0 atom stereocenters. The van der Waals surface area contributed by atoms with E-state index >= 15 is 0 Å². The Hall–Kier alpha value is -2.34. The molecule has 0 radical (unpaired) electrons. The van der Waals surface area contributed by atoms with Crippen LogP contribution in [0.15, 0.2) is 30.3 Å². The molecule has 1 heterocycles. The molecule has 2 aromatic rings. The van der Waals surface area contributed by atoms with Crippen LogP contribution in [0, 0.1) is 17.5 Å². The van der Waals surface area contributed by atoms with Gasteiger partial charge < -0.3 is 10.6 Å². The van der Waals surface area contributed by atoms with Crippen LogP contribution in [-0.2, 0) is 13.1 Å². The van der Waals surface area contributed by atoms with Crippen molar-refractivity contribution in [2.24, 2.45) is 0 Å². The van der Waals surface area contributed by atoms with Crippen LogP contribution in [0.4, 0.5) is 18.9 Å². The van der Waals surface area contributed by atoms with Gasteiger partial charge in [0, 0.05) is 36.5 Å². The Balaban J connectivity index is 1.83. The summed E-state index contributed by atoms with van der Waals surface area (Å²) in [4.78, 5) is 12.1. The number of amides is 1. The van der Waals surface area contributed by atoms with Crippen LogP contribution in [0.1, 0.15) is 21.5 Å². The predicted molar refractivity (Wildman–Crippen MR) is 71.3 cm³/mol. The van der Waals surface area contributed by atoms with Gasteiger partial charge in [-0.25, -0.2) is 13.2 Å². The Kier molecular flexibility index (Phi) is 3.39. The van der Waals surface area contributed by atoms with Gasteiger partial charge in [0.25, 0.3) is 5.91 Å². The minimum atomic E-state index is -1.56. The lowest BCUT2D eigenvalue weighted by Gasteiger charge is -2.07. The number of carbonyl (C=O) groups excluding carboxylic acids is 1. The second-order valence-corrected chi connectivity index (χ2v) is 4.80. The van der Waals surface area contributed by atoms with Crippen molar-refractivity contribution in [1.82, 2.24) is 5.32 Å². The minimum absolute atomic E-state index is 0.130. The van der Waals surface area contributed by atoms with Crippen molar-refractivity contribution < 1.29 is 18.0 Å². The standard InChI is InChI=1S/C15H11F3N2O/c16-12-4-11(5-13(17)14(12)18)20-15(21)8-1-2-9-6-19-7-10(9)3-8/h1-5,19H,6-7H2,(H,20,21). The van der Waals surface area contributed by atoms with E-state index in [1.807, 2.05) is 6.07 Å². The van der Waals surface area contributed by atoms with Gasteiger partial charge in [-0.1, -0.05) is 6.07 Å². The number of nitrogens with one attached hydrogen (secondary N) is 2. The van der Waals surface area contributed by atoms with Gasteiger partial charge in [-0.05, 0) is 23.3 Å². The number of anilines is 1. The van der Waals surface area contributed by atoms with Gasteiger partial charge >= 0.3 is 0 Å². The summed E-state index contributed by atoms with van der Waals surface area (Å²) < 4.78 is 39.0. The number of rotatable bonds is 2. The molecule has 0 bridgehead atoms. The third-order valence-corrected chi connectivity index (χ3v) is 3.34. The van der Waals surface area contributed by atoms with Crippen LogP contribution in [-0.4, -0.2) is 5.91 Å². The summed E-state index contributed by atoms with van der Waals surface area (Å²) in [5, 5.41) is 5.50. The first-order valence-corrected chi connectivity index (χ1v) is 6.33. The Bertz CT molecular complexity index is 708. The molecule has 0 unspecified atom stereocenters. The molecular formula is C15H11F3N2O. The third kappa shape index (κ3) is 2.62. The number of hydrogen-bond acceptors (Lipinski definition) is 2. The van der Waals surface area contributed by atoms with Crippen LogP contribution in [0.25, 0.3) is 0 Å². The molecule has 1 amide bonds. The van der Waals surface area contributed by atoms with Gasteiger partial charge in [-0.15, -0.1) is 0 Å². The van der Waals surface area contributed by atoms with Crippen LogP contribution < -0.4 is 10.6 Å². The summed E-state index contributed by atoms with van der Waals surface area (Å²) in [6.07, 6.45) is 0. The number of benzene rings is 2. The number of hydrogen-bond donors (Lipinski definition) is 2. The summed E-state index contributed by atoms with van der Waals surface area (Å²) in [5.41, 5.74) is 2.38. The van der Waals surface area contributed by atoms with Gasteiger partial charge in [0.1, 0.15) is 0 Å². The van der Waals surface area contributed by atoms with E-state index in [1.54, 1.807) is 12.1 Å². The van der Waals surface area contributed by atoms with E-state index in [9.17, 15) is 18.0 Å². The van der Waals surface area contributed by atoms with Crippen molar-refractivity contribution in [2.45, 2.75) is 13.1 Å². The highest BCUT2D eigenvalue weighted by atomic mass is 19.2. The second kappa shape index (κ2) is 5.21. The molecule has 3 rings (SSSR count). The Morgan fingerprint density at radius 1 is 1.00 bits per heavy atom. The fraction of sp³-hybridized carbons (Fsp3) is 0.133. The van der Waals surface area contributed by atoms with Gasteiger partial charge in [0.15, 0.2) is 17.5 Å². The average Bonchev–Trinajstić information content (AvgIpc) is 2.91. The highest BCUT2D eigenvalue weighted by molar-refractivity contribution is 6.04. The SMILES string of the molecule is O=C(Nc1cc(F)c(F)c(F)c1)c1ccc2c(c1)CNC2. The minimum Gasteiger partial charge on any atom is -0.322 e. The van der Waals surface area contributed by atoms with Crippen LogP contribution in [0.5, 0.6) is 0 Å². The first-order valence-electron chi connectivity index (χ1n) is 6.33. The second-order valence-electron chi connectivity index (χ2n) is 4.80. The first kappa shape index (κ1) is 13.6. The summed E-state index contributed by atoms with van der Waals surface area (Å²) in [6, 6.07) is 6.67. The van der Waals surface area contributed by atoms with Crippen LogP contribution in [0.3, 0.4) is 0 Å². The fourth-order valence-electron chi connectivity index (χ4n) is 2.27. The van der Waals surface area contributed by atoms with Crippen molar-refractivity contribution in [3.8, 4) is 0 Å². The zero-order valence-electron chi connectivity index (χ0n) is 10.8. The zero-order chi connectivity index (χ0) is 15.0. The molecule has 3 nitrogen and oxygen atoms in total. The molecule has 0 saturated heterocycles. The lowest BCUT2D eigenvalue weighted by atomic mass is 10.1. The van der Waals surface area contributed by atoms with Gasteiger partial charge in [-0.3, -0.25) is 4.79 Å². The lowest BCUT2D eigenvalue weighted by Crippen LogP contribution is -2.13. The van der Waals surface area contributed by atoms with Crippen molar-refractivity contribution in [1.29, 1.82) is 0 Å². The highest BCUT2D eigenvalue weighted by Gasteiger charge is 2.15. The summed E-state index contributed by atoms with van der Waals surface area (Å²) in [6.45, 7) is 1.43. The van der Waals surface area contributed by atoms with Crippen molar-refractivity contribution >= 4 is 11.6 Å². The van der Waals surface area contributed by atoms with E-state index < -0.39 is 23.4 Å².